The molecule has 1 aliphatic carbocycles. The lowest BCUT2D eigenvalue weighted by Gasteiger charge is -2.32. The first-order chi connectivity index (χ1) is 7.44. The zero-order chi connectivity index (χ0) is 11.9. The summed E-state index contributed by atoms with van der Waals surface area (Å²) < 4.78 is 0. The molecule has 0 radical (unpaired) electrons. The Balaban J connectivity index is 2.63. The van der Waals surface area contributed by atoms with Crippen LogP contribution in [-0.4, -0.2) is 4.98 Å². The monoisotopic (exact) mass is 254 g/mol. The Labute approximate surface area is 105 Å². The van der Waals surface area contributed by atoms with Gasteiger partial charge in [0.05, 0.1) is 5.56 Å². The summed E-state index contributed by atoms with van der Waals surface area (Å²) in [5, 5.41) is 9.76. The fraction of sp³-hybridized carbons (Fsp3) is 0.500. The van der Waals surface area contributed by atoms with Crippen molar-refractivity contribution in [3.63, 3.8) is 0 Å². The second kappa shape index (κ2) is 3.91. The third-order valence-corrected chi connectivity index (χ3v) is 3.72. The maximum atomic E-state index is 9.08. The number of pyridine rings is 1. The lowest BCUT2D eigenvalue weighted by atomic mass is 9.74. The molecule has 2 nitrogen and oxygen atoms in total. The molecule has 0 aromatic carbocycles. The summed E-state index contributed by atoms with van der Waals surface area (Å²) in [4.78, 5) is 4.03. The second-order valence-electron chi connectivity index (χ2n) is 4.98. The van der Waals surface area contributed by atoms with Crippen LogP contribution in [0.5, 0.6) is 0 Å². The summed E-state index contributed by atoms with van der Waals surface area (Å²) in [6, 6.07) is 2.12. The van der Waals surface area contributed by atoms with Gasteiger partial charge in [0.25, 0.3) is 0 Å². The molecule has 1 aliphatic rings. The van der Waals surface area contributed by atoms with Crippen molar-refractivity contribution in [3.05, 3.63) is 27.0 Å². The molecule has 0 spiro atoms. The van der Waals surface area contributed by atoms with Crippen LogP contribution in [0.1, 0.15) is 37.0 Å². The Morgan fingerprint density at radius 2 is 1.94 bits per heavy atom. The molecule has 4 heteroatoms. The predicted molar refractivity (Wildman–Crippen MR) is 64.8 cm³/mol. The predicted octanol–water partition coefficient (Wildman–Crippen LogP) is 3.77. The number of hydrogen-bond acceptors (Lipinski definition) is 2. The van der Waals surface area contributed by atoms with Gasteiger partial charge in [0, 0.05) is 0 Å². The molecule has 2 rings (SSSR count). The molecule has 1 heterocycles. The van der Waals surface area contributed by atoms with Crippen LogP contribution in [0.4, 0.5) is 0 Å². The van der Waals surface area contributed by atoms with Gasteiger partial charge in [-0.05, 0) is 35.8 Å². The van der Waals surface area contributed by atoms with Crippen LogP contribution in [-0.2, 0) is 12.8 Å². The van der Waals surface area contributed by atoms with Crippen molar-refractivity contribution in [1.29, 1.82) is 5.26 Å². The fourth-order valence-corrected chi connectivity index (χ4v) is 2.76. The van der Waals surface area contributed by atoms with Gasteiger partial charge in [-0.2, -0.15) is 5.26 Å². The Kier molecular flexibility index (Phi) is 2.86. The van der Waals surface area contributed by atoms with Crippen molar-refractivity contribution in [3.8, 4) is 6.07 Å². The number of fused-ring (bicyclic) bond motifs is 1. The Morgan fingerprint density at radius 3 is 2.56 bits per heavy atom. The van der Waals surface area contributed by atoms with Crippen LogP contribution in [0.3, 0.4) is 0 Å². The zero-order valence-corrected chi connectivity index (χ0v) is 10.8. The van der Waals surface area contributed by atoms with Gasteiger partial charge in [-0.15, -0.1) is 0 Å². The van der Waals surface area contributed by atoms with E-state index in [-0.39, 0.29) is 10.6 Å². The van der Waals surface area contributed by atoms with Gasteiger partial charge < -0.3 is 0 Å². The first kappa shape index (κ1) is 11.7. The Morgan fingerprint density at radius 1 is 1.25 bits per heavy atom. The fourth-order valence-electron chi connectivity index (χ4n) is 2.21. The summed E-state index contributed by atoms with van der Waals surface area (Å²) in [6.07, 6.45) is 2.76. The van der Waals surface area contributed by atoms with Gasteiger partial charge in [0.15, 0.2) is 0 Å². The first-order valence-electron chi connectivity index (χ1n) is 5.21. The summed E-state index contributed by atoms with van der Waals surface area (Å²) in [7, 11) is 0. The average molecular weight is 255 g/mol. The van der Waals surface area contributed by atoms with Crippen molar-refractivity contribution in [2.45, 2.75) is 33.1 Å². The minimum Gasteiger partial charge on any atom is -0.223 e. The van der Waals surface area contributed by atoms with E-state index in [9.17, 15) is 0 Å². The Hall–Kier alpha value is -0.780. The number of aromatic nitrogens is 1. The van der Waals surface area contributed by atoms with E-state index < -0.39 is 0 Å². The van der Waals surface area contributed by atoms with E-state index in [1.165, 1.54) is 0 Å². The molecule has 1 aromatic rings. The van der Waals surface area contributed by atoms with E-state index in [1.807, 2.05) is 0 Å². The topological polar surface area (TPSA) is 36.7 Å². The molecule has 0 saturated heterocycles. The van der Waals surface area contributed by atoms with Crippen molar-refractivity contribution < 1.29 is 0 Å². The maximum absolute atomic E-state index is 9.08. The van der Waals surface area contributed by atoms with Crippen LogP contribution >= 0.6 is 23.2 Å². The maximum Gasteiger partial charge on any atom is 0.148 e. The number of nitrogens with zero attached hydrogens (tertiary/aromatic N) is 2. The van der Waals surface area contributed by atoms with E-state index in [1.54, 1.807) is 0 Å². The van der Waals surface area contributed by atoms with E-state index in [0.717, 1.165) is 30.4 Å². The van der Waals surface area contributed by atoms with Crippen molar-refractivity contribution in [2.75, 3.05) is 0 Å². The largest absolute Gasteiger partial charge is 0.223 e. The summed E-state index contributed by atoms with van der Waals surface area (Å²) in [5.74, 6) is 0. The molecule has 16 heavy (non-hydrogen) atoms. The number of rotatable bonds is 0. The minimum absolute atomic E-state index is 0.221. The minimum atomic E-state index is 0.221. The third-order valence-electron chi connectivity index (χ3n) is 3.14. The van der Waals surface area contributed by atoms with E-state index in [4.69, 9.17) is 28.5 Å². The first-order valence-corrected chi connectivity index (χ1v) is 5.97. The quantitative estimate of drug-likeness (QED) is 0.661. The number of halogens is 2. The lowest BCUT2D eigenvalue weighted by Crippen LogP contribution is -2.23. The lowest BCUT2D eigenvalue weighted by molar-refractivity contribution is 0.314. The normalized spacial score (nSPS) is 17.7. The molecular weight excluding hydrogens is 243 g/mol. The van der Waals surface area contributed by atoms with Gasteiger partial charge in [-0.1, -0.05) is 37.0 Å². The highest BCUT2D eigenvalue weighted by atomic mass is 35.5. The smallest absolute Gasteiger partial charge is 0.148 e. The van der Waals surface area contributed by atoms with Crippen LogP contribution in [0.15, 0.2) is 0 Å². The molecule has 0 N–H and O–H groups in total. The third kappa shape index (κ3) is 1.90. The summed E-state index contributed by atoms with van der Waals surface area (Å²) in [5.41, 5.74) is 2.71. The summed E-state index contributed by atoms with van der Waals surface area (Å²) in [6.45, 7) is 4.40. The van der Waals surface area contributed by atoms with Crippen LogP contribution in [0.25, 0.3) is 0 Å². The second-order valence-corrected chi connectivity index (χ2v) is 5.69. The molecule has 0 aliphatic heterocycles. The van der Waals surface area contributed by atoms with E-state index >= 15 is 0 Å². The van der Waals surface area contributed by atoms with E-state index in [0.29, 0.717) is 10.7 Å². The Bertz CT molecular complexity index is 487. The SMILES string of the molecule is CC1(C)CCc2c(C#N)c(Cl)nc(Cl)c2C1. The van der Waals surface area contributed by atoms with Gasteiger partial charge in [0.2, 0.25) is 0 Å². The van der Waals surface area contributed by atoms with Crippen LogP contribution < -0.4 is 0 Å². The molecule has 84 valence electrons. The molecule has 0 fully saturated rings. The van der Waals surface area contributed by atoms with Crippen LogP contribution in [0, 0.1) is 16.7 Å². The highest BCUT2D eigenvalue weighted by Gasteiger charge is 2.30. The highest BCUT2D eigenvalue weighted by Crippen LogP contribution is 2.39. The van der Waals surface area contributed by atoms with E-state index in [2.05, 4.69) is 24.9 Å². The number of nitriles is 1. The molecule has 0 unspecified atom stereocenters. The van der Waals surface area contributed by atoms with Gasteiger partial charge in [-0.25, -0.2) is 4.98 Å². The summed E-state index contributed by atoms with van der Waals surface area (Å²) >= 11 is 12.0. The van der Waals surface area contributed by atoms with Gasteiger partial charge >= 0.3 is 0 Å². The van der Waals surface area contributed by atoms with Gasteiger partial charge in [0.1, 0.15) is 16.4 Å². The molecule has 1 aromatic heterocycles. The molecule has 0 amide bonds. The van der Waals surface area contributed by atoms with Crippen LogP contribution in [0.2, 0.25) is 10.3 Å². The standard InChI is InChI=1S/C12H12Cl2N2/c1-12(2)4-3-7-8(5-12)10(13)16-11(14)9(7)6-15/h3-5H2,1-2H3. The highest BCUT2D eigenvalue weighted by molar-refractivity contribution is 6.33. The molecular formula is C12H12Cl2N2. The number of hydrogen-bond donors (Lipinski definition) is 0. The molecule has 0 saturated carbocycles. The zero-order valence-electron chi connectivity index (χ0n) is 9.27. The van der Waals surface area contributed by atoms with Crippen molar-refractivity contribution >= 4 is 23.2 Å². The molecule has 0 atom stereocenters. The van der Waals surface area contributed by atoms with Crippen molar-refractivity contribution in [1.82, 2.24) is 4.98 Å². The van der Waals surface area contributed by atoms with Gasteiger partial charge in [-0.3, -0.25) is 0 Å². The van der Waals surface area contributed by atoms with Crippen molar-refractivity contribution in [2.24, 2.45) is 5.41 Å². The average Bonchev–Trinajstić information content (AvgIpc) is 2.19. The molecule has 0 bridgehead atoms.